The number of rotatable bonds is 7. The van der Waals surface area contributed by atoms with E-state index in [9.17, 15) is 5.11 Å². The van der Waals surface area contributed by atoms with Crippen molar-refractivity contribution >= 4 is 0 Å². The molecule has 0 radical (unpaired) electrons. The van der Waals surface area contributed by atoms with Crippen molar-refractivity contribution in [2.75, 3.05) is 26.8 Å². The summed E-state index contributed by atoms with van der Waals surface area (Å²) in [6, 6.07) is 15.9. The standard InChI is InChI=1S/C21H27NO3/c1-24-20-9-5-17(6-10-20)16-18-4-2-3-13-22(18)14-15-25-21-11-7-19(23)8-12-21/h5-12,18,23H,2-4,13-16H2,1H3. The summed E-state index contributed by atoms with van der Waals surface area (Å²) in [7, 11) is 1.70. The average molecular weight is 341 g/mol. The summed E-state index contributed by atoms with van der Waals surface area (Å²) in [5, 5.41) is 9.32. The molecule has 1 unspecified atom stereocenters. The molecule has 1 N–H and O–H groups in total. The van der Waals surface area contributed by atoms with Crippen LogP contribution in [0, 0.1) is 0 Å². The maximum atomic E-state index is 9.32. The number of nitrogens with zero attached hydrogens (tertiary/aromatic N) is 1. The lowest BCUT2D eigenvalue weighted by Gasteiger charge is -2.35. The first-order valence-electron chi connectivity index (χ1n) is 9.03. The Balaban J connectivity index is 1.52. The minimum atomic E-state index is 0.267. The average Bonchev–Trinajstić information content (AvgIpc) is 2.65. The highest BCUT2D eigenvalue weighted by atomic mass is 16.5. The van der Waals surface area contributed by atoms with Crippen LogP contribution in [-0.4, -0.2) is 42.9 Å². The van der Waals surface area contributed by atoms with E-state index in [-0.39, 0.29) is 5.75 Å². The lowest BCUT2D eigenvalue weighted by atomic mass is 9.95. The van der Waals surface area contributed by atoms with Gasteiger partial charge in [0.2, 0.25) is 0 Å². The van der Waals surface area contributed by atoms with Crippen LogP contribution in [0.25, 0.3) is 0 Å². The third-order valence-electron chi connectivity index (χ3n) is 4.86. The molecular formula is C21H27NO3. The zero-order valence-corrected chi connectivity index (χ0v) is 14.9. The molecule has 1 atom stereocenters. The van der Waals surface area contributed by atoms with E-state index in [0.717, 1.165) is 31.0 Å². The lowest BCUT2D eigenvalue weighted by Crippen LogP contribution is -2.43. The van der Waals surface area contributed by atoms with Crippen molar-refractivity contribution < 1.29 is 14.6 Å². The van der Waals surface area contributed by atoms with Crippen molar-refractivity contribution in [3.8, 4) is 17.2 Å². The van der Waals surface area contributed by atoms with Crippen LogP contribution in [0.4, 0.5) is 0 Å². The zero-order chi connectivity index (χ0) is 17.5. The molecule has 2 aromatic carbocycles. The predicted octanol–water partition coefficient (Wildman–Crippen LogP) is 3.88. The lowest BCUT2D eigenvalue weighted by molar-refractivity contribution is 0.122. The van der Waals surface area contributed by atoms with Gasteiger partial charge in [0.15, 0.2) is 0 Å². The molecule has 1 aliphatic rings. The minimum absolute atomic E-state index is 0.267. The molecule has 1 heterocycles. The molecule has 134 valence electrons. The Kier molecular flexibility index (Phi) is 6.18. The second-order valence-corrected chi connectivity index (χ2v) is 6.58. The van der Waals surface area contributed by atoms with Gasteiger partial charge in [-0.05, 0) is 67.8 Å². The van der Waals surface area contributed by atoms with Gasteiger partial charge in [0.25, 0.3) is 0 Å². The van der Waals surface area contributed by atoms with Gasteiger partial charge in [-0.25, -0.2) is 0 Å². The molecule has 0 bridgehead atoms. The number of hydrogen-bond acceptors (Lipinski definition) is 4. The summed E-state index contributed by atoms with van der Waals surface area (Å²) < 4.78 is 11.1. The fourth-order valence-corrected chi connectivity index (χ4v) is 3.44. The van der Waals surface area contributed by atoms with Crippen LogP contribution in [0.2, 0.25) is 0 Å². The highest BCUT2D eigenvalue weighted by Crippen LogP contribution is 2.22. The molecule has 1 aliphatic heterocycles. The highest BCUT2D eigenvalue weighted by Gasteiger charge is 2.22. The summed E-state index contributed by atoms with van der Waals surface area (Å²) in [6.07, 6.45) is 4.88. The monoisotopic (exact) mass is 341 g/mol. The predicted molar refractivity (Wildman–Crippen MR) is 99.5 cm³/mol. The zero-order valence-electron chi connectivity index (χ0n) is 14.9. The van der Waals surface area contributed by atoms with E-state index in [0.29, 0.717) is 12.6 Å². The van der Waals surface area contributed by atoms with Crippen molar-refractivity contribution in [1.82, 2.24) is 4.90 Å². The Morgan fingerprint density at radius 3 is 2.44 bits per heavy atom. The van der Waals surface area contributed by atoms with Gasteiger partial charge in [0, 0.05) is 12.6 Å². The second kappa shape index (κ2) is 8.77. The molecular weight excluding hydrogens is 314 g/mol. The quantitative estimate of drug-likeness (QED) is 0.830. The van der Waals surface area contributed by atoms with Gasteiger partial charge in [0.1, 0.15) is 23.9 Å². The Bertz CT molecular complexity index is 639. The van der Waals surface area contributed by atoms with Gasteiger partial charge in [-0.3, -0.25) is 4.90 Å². The van der Waals surface area contributed by atoms with Crippen LogP contribution < -0.4 is 9.47 Å². The number of benzene rings is 2. The van der Waals surface area contributed by atoms with E-state index in [1.807, 2.05) is 12.1 Å². The summed E-state index contributed by atoms with van der Waals surface area (Å²) in [5.41, 5.74) is 1.36. The van der Waals surface area contributed by atoms with Crippen molar-refractivity contribution in [1.29, 1.82) is 0 Å². The Morgan fingerprint density at radius 1 is 1.00 bits per heavy atom. The Morgan fingerprint density at radius 2 is 1.72 bits per heavy atom. The van der Waals surface area contributed by atoms with Crippen molar-refractivity contribution in [3.63, 3.8) is 0 Å². The molecule has 0 saturated carbocycles. The van der Waals surface area contributed by atoms with Gasteiger partial charge in [-0.1, -0.05) is 18.6 Å². The number of phenolic OH excluding ortho intramolecular Hbond substituents is 1. The molecule has 2 aromatic rings. The fourth-order valence-electron chi connectivity index (χ4n) is 3.44. The van der Waals surface area contributed by atoms with Gasteiger partial charge >= 0.3 is 0 Å². The summed E-state index contributed by atoms with van der Waals surface area (Å²) >= 11 is 0. The molecule has 0 amide bonds. The number of aromatic hydroxyl groups is 1. The molecule has 3 rings (SSSR count). The third kappa shape index (κ3) is 5.13. The first-order chi connectivity index (χ1) is 12.2. The minimum Gasteiger partial charge on any atom is -0.508 e. The van der Waals surface area contributed by atoms with Crippen LogP contribution in [-0.2, 0) is 6.42 Å². The van der Waals surface area contributed by atoms with Crippen LogP contribution in [0.3, 0.4) is 0 Å². The normalized spacial score (nSPS) is 18.0. The van der Waals surface area contributed by atoms with E-state index in [1.165, 1.54) is 24.8 Å². The van der Waals surface area contributed by atoms with Crippen LogP contribution in [0.15, 0.2) is 48.5 Å². The number of methoxy groups -OCH3 is 1. The number of phenols is 1. The van der Waals surface area contributed by atoms with Crippen molar-refractivity contribution in [2.24, 2.45) is 0 Å². The SMILES string of the molecule is COc1ccc(CC2CCCCN2CCOc2ccc(O)cc2)cc1. The van der Waals surface area contributed by atoms with E-state index >= 15 is 0 Å². The van der Waals surface area contributed by atoms with Crippen molar-refractivity contribution in [2.45, 2.75) is 31.7 Å². The molecule has 0 spiro atoms. The van der Waals surface area contributed by atoms with Crippen LogP contribution in [0.5, 0.6) is 17.2 Å². The Labute approximate surface area is 150 Å². The van der Waals surface area contributed by atoms with Gasteiger partial charge in [-0.15, -0.1) is 0 Å². The molecule has 4 nitrogen and oxygen atoms in total. The van der Waals surface area contributed by atoms with Crippen LogP contribution in [0.1, 0.15) is 24.8 Å². The van der Waals surface area contributed by atoms with E-state index in [4.69, 9.17) is 9.47 Å². The molecule has 1 fully saturated rings. The second-order valence-electron chi connectivity index (χ2n) is 6.58. The number of likely N-dealkylation sites (tertiary alicyclic amines) is 1. The van der Waals surface area contributed by atoms with Gasteiger partial charge < -0.3 is 14.6 Å². The maximum Gasteiger partial charge on any atom is 0.119 e. The first kappa shape index (κ1) is 17.6. The summed E-state index contributed by atoms with van der Waals surface area (Å²) in [4.78, 5) is 2.55. The Hall–Kier alpha value is -2.20. The number of ether oxygens (including phenoxy) is 2. The maximum absolute atomic E-state index is 9.32. The molecule has 0 aliphatic carbocycles. The fraction of sp³-hybridized carbons (Fsp3) is 0.429. The van der Waals surface area contributed by atoms with Gasteiger partial charge in [0.05, 0.1) is 7.11 Å². The highest BCUT2D eigenvalue weighted by molar-refractivity contribution is 5.30. The van der Waals surface area contributed by atoms with E-state index in [1.54, 1.807) is 31.4 Å². The van der Waals surface area contributed by atoms with Gasteiger partial charge in [-0.2, -0.15) is 0 Å². The van der Waals surface area contributed by atoms with Crippen LogP contribution >= 0.6 is 0 Å². The summed E-state index contributed by atoms with van der Waals surface area (Å²) in [6.45, 7) is 2.74. The van der Waals surface area contributed by atoms with E-state index < -0.39 is 0 Å². The molecule has 0 aromatic heterocycles. The molecule has 4 heteroatoms. The largest absolute Gasteiger partial charge is 0.508 e. The first-order valence-corrected chi connectivity index (χ1v) is 9.03. The third-order valence-corrected chi connectivity index (χ3v) is 4.86. The number of piperidine rings is 1. The topological polar surface area (TPSA) is 41.9 Å². The summed E-state index contributed by atoms with van der Waals surface area (Å²) in [5.74, 6) is 1.98. The van der Waals surface area contributed by atoms with E-state index in [2.05, 4.69) is 17.0 Å². The molecule has 25 heavy (non-hydrogen) atoms. The number of hydrogen-bond donors (Lipinski definition) is 1. The van der Waals surface area contributed by atoms with Crippen molar-refractivity contribution in [3.05, 3.63) is 54.1 Å². The molecule has 1 saturated heterocycles. The smallest absolute Gasteiger partial charge is 0.119 e.